The van der Waals surface area contributed by atoms with Crippen LogP contribution in [0.15, 0.2) is 24.3 Å². The molecule has 160 valence electrons. The zero-order chi connectivity index (χ0) is 18.4. The van der Waals surface area contributed by atoms with Crippen LogP contribution in [0.2, 0.25) is 0 Å². The average Bonchev–Trinajstić information content (AvgIpc) is 3.17. The number of nitrogens with two attached hydrogens (primary N) is 1. The van der Waals surface area contributed by atoms with Crippen LogP contribution in [-0.2, 0) is 22.6 Å². The van der Waals surface area contributed by atoms with Gasteiger partial charge in [-0.25, -0.2) is 0 Å². The van der Waals surface area contributed by atoms with Gasteiger partial charge in [0.05, 0.1) is 6.10 Å². The molecule has 5 nitrogen and oxygen atoms in total. The Morgan fingerprint density at radius 2 is 1.79 bits per heavy atom. The van der Waals surface area contributed by atoms with E-state index in [-0.39, 0.29) is 42.9 Å². The molecule has 0 radical (unpaired) electrons. The van der Waals surface area contributed by atoms with E-state index in [1.54, 1.807) is 0 Å². The number of carbonyl (C=O) groups is 1. The lowest BCUT2D eigenvalue weighted by Crippen LogP contribution is -2.36. The molecule has 7 heteroatoms. The fourth-order valence-corrected chi connectivity index (χ4v) is 4.17. The number of rotatable bonds is 7. The van der Waals surface area contributed by atoms with E-state index in [4.69, 9.17) is 10.5 Å². The zero-order valence-electron chi connectivity index (χ0n) is 16.8. The number of benzene rings is 1. The molecule has 3 N–H and O–H groups in total. The molecule has 1 saturated heterocycles. The molecule has 0 aromatic heterocycles. The van der Waals surface area contributed by atoms with Crippen molar-refractivity contribution < 1.29 is 9.53 Å². The van der Waals surface area contributed by atoms with Crippen LogP contribution in [0.5, 0.6) is 0 Å². The van der Waals surface area contributed by atoms with Crippen molar-refractivity contribution in [2.24, 2.45) is 5.73 Å². The van der Waals surface area contributed by atoms with Crippen molar-refractivity contribution in [1.82, 2.24) is 10.2 Å². The fourth-order valence-electron chi connectivity index (χ4n) is 4.17. The van der Waals surface area contributed by atoms with Crippen LogP contribution in [0.3, 0.4) is 0 Å². The van der Waals surface area contributed by atoms with Gasteiger partial charge in [-0.2, -0.15) is 0 Å². The summed E-state index contributed by atoms with van der Waals surface area (Å²) in [5, 5.41) is 3.06. The third-order valence-corrected chi connectivity index (χ3v) is 5.85. The van der Waals surface area contributed by atoms with Gasteiger partial charge in [0.2, 0.25) is 5.91 Å². The zero-order valence-corrected chi connectivity index (χ0v) is 18.4. The standard InChI is InChI=1S/C21H33N3O2.2ClH/c1-24(18-9-3-2-4-10-18)15-17-8-6-5-7-16(17)14-23-21(25)20-12-11-19(13-22)26-20;;/h5-8,18-20H,2-4,9-15,22H2,1H3,(H,23,25);2*1H/t19-,20+;;/m1../s1. The minimum absolute atomic E-state index is 0. The Hall–Kier alpha value is -0.850. The highest BCUT2D eigenvalue weighted by atomic mass is 35.5. The van der Waals surface area contributed by atoms with Gasteiger partial charge in [-0.1, -0.05) is 43.5 Å². The summed E-state index contributed by atoms with van der Waals surface area (Å²) >= 11 is 0. The second-order valence-electron chi connectivity index (χ2n) is 7.75. The van der Waals surface area contributed by atoms with Gasteiger partial charge in [-0.3, -0.25) is 9.69 Å². The van der Waals surface area contributed by atoms with Crippen LogP contribution in [0.25, 0.3) is 0 Å². The summed E-state index contributed by atoms with van der Waals surface area (Å²) in [5.74, 6) is -0.0172. The molecule has 0 unspecified atom stereocenters. The first-order valence-corrected chi connectivity index (χ1v) is 10.1. The fraction of sp³-hybridized carbons (Fsp3) is 0.667. The van der Waals surface area contributed by atoms with E-state index in [1.807, 2.05) is 6.07 Å². The van der Waals surface area contributed by atoms with Crippen molar-refractivity contribution in [3.8, 4) is 0 Å². The maximum atomic E-state index is 12.4. The summed E-state index contributed by atoms with van der Waals surface area (Å²) in [7, 11) is 2.23. The Kier molecular flexibility index (Phi) is 11.4. The first-order chi connectivity index (χ1) is 12.7. The predicted molar refractivity (Wildman–Crippen MR) is 118 cm³/mol. The highest BCUT2D eigenvalue weighted by Gasteiger charge is 2.29. The highest BCUT2D eigenvalue weighted by molar-refractivity contribution is 5.85. The summed E-state index contributed by atoms with van der Waals surface area (Å²) in [6, 6.07) is 9.11. The van der Waals surface area contributed by atoms with Gasteiger partial charge >= 0.3 is 0 Å². The first kappa shape index (κ1) is 25.2. The Bertz CT molecular complexity index is 597. The van der Waals surface area contributed by atoms with Crippen LogP contribution >= 0.6 is 24.8 Å². The predicted octanol–water partition coefficient (Wildman–Crippen LogP) is 3.42. The van der Waals surface area contributed by atoms with E-state index >= 15 is 0 Å². The van der Waals surface area contributed by atoms with Gasteiger partial charge in [0.25, 0.3) is 0 Å². The number of ether oxygens (including phenoxy) is 1. The minimum Gasteiger partial charge on any atom is -0.364 e. The largest absolute Gasteiger partial charge is 0.364 e. The molecule has 28 heavy (non-hydrogen) atoms. The lowest BCUT2D eigenvalue weighted by Gasteiger charge is -2.31. The van der Waals surface area contributed by atoms with Crippen molar-refractivity contribution in [2.45, 2.75) is 76.3 Å². The molecule has 0 bridgehead atoms. The van der Waals surface area contributed by atoms with Gasteiger partial charge in [-0.05, 0) is 43.9 Å². The lowest BCUT2D eigenvalue weighted by molar-refractivity contribution is -0.132. The van der Waals surface area contributed by atoms with Gasteiger partial charge in [0.1, 0.15) is 6.10 Å². The maximum Gasteiger partial charge on any atom is 0.249 e. The molecule has 2 fully saturated rings. The second kappa shape index (κ2) is 12.7. The van der Waals surface area contributed by atoms with E-state index in [0.29, 0.717) is 19.1 Å². The molecule has 1 saturated carbocycles. The molecule has 1 heterocycles. The molecule has 1 aliphatic heterocycles. The van der Waals surface area contributed by atoms with Crippen LogP contribution in [0, 0.1) is 0 Å². The van der Waals surface area contributed by atoms with Gasteiger partial charge in [-0.15, -0.1) is 24.8 Å². The Labute approximate surface area is 181 Å². The maximum absolute atomic E-state index is 12.4. The number of nitrogens with zero attached hydrogens (tertiary/aromatic N) is 1. The molecular weight excluding hydrogens is 397 g/mol. The quantitative estimate of drug-likeness (QED) is 0.693. The molecule has 3 rings (SSSR count). The molecule has 0 spiro atoms. The van der Waals surface area contributed by atoms with E-state index < -0.39 is 0 Å². The molecule has 2 aliphatic rings. The normalized spacial score (nSPS) is 22.4. The van der Waals surface area contributed by atoms with Crippen LogP contribution in [0.4, 0.5) is 0 Å². The van der Waals surface area contributed by atoms with Crippen molar-refractivity contribution in [3.63, 3.8) is 0 Å². The van der Waals surface area contributed by atoms with E-state index in [0.717, 1.165) is 19.4 Å². The third-order valence-electron chi connectivity index (χ3n) is 5.85. The Balaban J connectivity index is 0.00000196. The molecule has 1 aliphatic carbocycles. The molecule has 2 atom stereocenters. The summed E-state index contributed by atoms with van der Waals surface area (Å²) in [5.41, 5.74) is 8.12. The van der Waals surface area contributed by atoms with E-state index in [9.17, 15) is 4.79 Å². The van der Waals surface area contributed by atoms with Gasteiger partial charge in [0, 0.05) is 25.7 Å². The smallest absolute Gasteiger partial charge is 0.249 e. The monoisotopic (exact) mass is 431 g/mol. The highest BCUT2D eigenvalue weighted by Crippen LogP contribution is 2.24. The average molecular weight is 432 g/mol. The SMILES string of the molecule is CN(Cc1ccccc1CNC(=O)[C@@H]1CC[C@H](CN)O1)C1CCCCC1.Cl.Cl. The number of hydrogen-bond donors (Lipinski definition) is 2. The molecular formula is C21H35Cl2N3O2. The van der Waals surface area contributed by atoms with Gasteiger partial charge in [0.15, 0.2) is 0 Å². The van der Waals surface area contributed by atoms with Crippen molar-refractivity contribution in [1.29, 1.82) is 0 Å². The van der Waals surface area contributed by atoms with E-state index in [2.05, 4.69) is 35.5 Å². The Morgan fingerprint density at radius 3 is 2.43 bits per heavy atom. The number of halogens is 2. The van der Waals surface area contributed by atoms with Crippen LogP contribution in [-0.4, -0.2) is 42.6 Å². The second-order valence-corrected chi connectivity index (χ2v) is 7.75. The third kappa shape index (κ3) is 6.89. The number of amides is 1. The van der Waals surface area contributed by atoms with Crippen molar-refractivity contribution in [3.05, 3.63) is 35.4 Å². The summed E-state index contributed by atoms with van der Waals surface area (Å²) in [6.07, 6.45) is 7.99. The van der Waals surface area contributed by atoms with Crippen LogP contribution < -0.4 is 11.1 Å². The minimum atomic E-state index is -0.347. The van der Waals surface area contributed by atoms with Crippen molar-refractivity contribution >= 4 is 30.7 Å². The molecule has 1 amide bonds. The summed E-state index contributed by atoms with van der Waals surface area (Å²) in [4.78, 5) is 14.9. The lowest BCUT2D eigenvalue weighted by atomic mass is 9.94. The van der Waals surface area contributed by atoms with Crippen LogP contribution in [0.1, 0.15) is 56.1 Å². The topological polar surface area (TPSA) is 67.6 Å². The first-order valence-electron chi connectivity index (χ1n) is 10.1. The van der Waals surface area contributed by atoms with Gasteiger partial charge < -0.3 is 15.8 Å². The molecule has 1 aromatic carbocycles. The number of hydrogen-bond acceptors (Lipinski definition) is 4. The summed E-state index contributed by atoms with van der Waals surface area (Å²) < 4.78 is 5.69. The molecule has 1 aromatic rings. The summed E-state index contributed by atoms with van der Waals surface area (Å²) in [6.45, 7) is 1.98. The number of nitrogens with one attached hydrogen (secondary N) is 1. The Morgan fingerprint density at radius 1 is 1.11 bits per heavy atom. The van der Waals surface area contributed by atoms with E-state index in [1.165, 1.54) is 43.2 Å². The number of carbonyl (C=O) groups excluding carboxylic acids is 1. The van der Waals surface area contributed by atoms with Crippen molar-refractivity contribution in [2.75, 3.05) is 13.6 Å².